The smallest absolute Gasteiger partial charge is 0.184 e. The Labute approximate surface area is 73.2 Å². The van der Waals surface area contributed by atoms with E-state index in [-0.39, 0.29) is 0 Å². The predicted octanol–water partition coefficient (Wildman–Crippen LogP) is 0.946. The van der Waals surface area contributed by atoms with E-state index < -0.39 is 0 Å². The Balaban J connectivity index is 2.05. The van der Waals surface area contributed by atoms with Gasteiger partial charge in [0.2, 0.25) is 0 Å². The van der Waals surface area contributed by atoms with Crippen molar-refractivity contribution in [2.75, 3.05) is 13.7 Å². The van der Waals surface area contributed by atoms with Crippen LogP contribution in [0.25, 0.3) is 0 Å². The quantitative estimate of drug-likeness (QED) is 0.584. The molecule has 0 aromatic carbocycles. The monoisotopic (exact) mass is 168 g/mol. The van der Waals surface area contributed by atoms with Crippen molar-refractivity contribution in [1.82, 2.24) is 5.32 Å². The molecule has 3 heteroatoms. The second-order valence-electron chi connectivity index (χ2n) is 3.63. The van der Waals surface area contributed by atoms with Crippen LogP contribution in [0.3, 0.4) is 0 Å². The molecule has 2 heterocycles. The van der Waals surface area contributed by atoms with Gasteiger partial charge in [0.25, 0.3) is 0 Å². The van der Waals surface area contributed by atoms with Crippen LogP contribution in [0.1, 0.15) is 25.7 Å². The lowest BCUT2D eigenvalue weighted by molar-refractivity contribution is 0.327. The lowest BCUT2D eigenvalue weighted by Gasteiger charge is -2.27. The van der Waals surface area contributed by atoms with Crippen LogP contribution in [-0.2, 0) is 4.74 Å². The van der Waals surface area contributed by atoms with Crippen LogP contribution in [0, 0.1) is 0 Å². The molecule has 0 aromatic rings. The lowest BCUT2D eigenvalue weighted by Crippen LogP contribution is -2.42. The Bertz CT molecular complexity index is 191. The molecule has 0 aliphatic carbocycles. The molecular weight excluding hydrogens is 152 g/mol. The Kier molecular flexibility index (Phi) is 2.30. The van der Waals surface area contributed by atoms with Crippen LogP contribution < -0.4 is 5.32 Å². The molecule has 3 nitrogen and oxygen atoms in total. The number of hydrogen-bond acceptors (Lipinski definition) is 3. The van der Waals surface area contributed by atoms with E-state index in [9.17, 15) is 0 Å². The number of methoxy groups -OCH3 is 1. The van der Waals surface area contributed by atoms with Gasteiger partial charge >= 0.3 is 0 Å². The third kappa shape index (κ3) is 1.61. The number of ether oxygens (including phenoxy) is 1. The van der Waals surface area contributed by atoms with E-state index in [1.807, 2.05) is 0 Å². The summed E-state index contributed by atoms with van der Waals surface area (Å²) in [5, 5.41) is 3.58. The summed E-state index contributed by atoms with van der Waals surface area (Å²) in [6.07, 6.45) is 4.87. The summed E-state index contributed by atoms with van der Waals surface area (Å²) < 4.78 is 5.19. The first-order valence-electron chi connectivity index (χ1n) is 4.72. The van der Waals surface area contributed by atoms with Gasteiger partial charge in [-0.15, -0.1) is 0 Å². The molecule has 1 N–H and O–H groups in total. The summed E-state index contributed by atoms with van der Waals surface area (Å²) in [5.74, 6) is 0.928. The van der Waals surface area contributed by atoms with Crippen molar-refractivity contribution < 1.29 is 4.74 Å². The minimum atomic E-state index is 0.608. The van der Waals surface area contributed by atoms with Gasteiger partial charge < -0.3 is 10.1 Å². The Morgan fingerprint density at radius 3 is 3.08 bits per heavy atom. The molecule has 2 rings (SSSR count). The third-order valence-electron chi connectivity index (χ3n) is 2.72. The zero-order chi connectivity index (χ0) is 8.39. The fourth-order valence-electron chi connectivity index (χ4n) is 2.05. The van der Waals surface area contributed by atoms with Crippen molar-refractivity contribution in [3.05, 3.63) is 0 Å². The molecule has 2 unspecified atom stereocenters. The van der Waals surface area contributed by atoms with Gasteiger partial charge in [0, 0.05) is 18.5 Å². The Morgan fingerprint density at radius 2 is 2.25 bits per heavy atom. The van der Waals surface area contributed by atoms with E-state index in [0.717, 1.165) is 18.9 Å². The van der Waals surface area contributed by atoms with Crippen LogP contribution in [0.5, 0.6) is 0 Å². The molecule has 2 aliphatic rings. The maximum atomic E-state index is 5.19. The number of hydrogen-bond donors (Lipinski definition) is 1. The van der Waals surface area contributed by atoms with Crippen LogP contribution in [0.4, 0.5) is 0 Å². The fraction of sp³-hybridized carbons (Fsp3) is 0.889. The summed E-state index contributed by atoms with van der Waals surface area (Å²) in [5.41, 5.74) is 0. The van der Waals surface area contributed by atoms with E-state index in [4.69, 9.17) is 4.74 Å². The van der Waals surface area contributed by atoms with Crippen LogP contribution in [0.2, 0.25) is 0 Å². The molecule has 0 amide bonds. The maximum absolute atomic E-state index is 5.19. The van der Waals surface area contributed by atoms with Crippen molar-refractivity contribution in [3.8, 4) is 0 Å². The number of nitrogens with zero attached hydrogens (tertiary/aromatic N) is 1. The number of aliphatic imine (C=N–C) groups is 1. The van der Waals surface area contributed by atoms with Crippen molar-refractivity contribution in [3.63, 3.8) is 0 Å². The van der Waals surface area contributed by atoms with Crippen molar-refractivity contribution in [2.24, 2.45) is 4.99 Å². The van der Waals surface area contributed by atoms with Crippen LogP contribution in [0.15, 0.2) is 4.99 Å². The molecule has 0 saturated carbocycles. The van der Waals surface area contributed by atoms with Crippen molar-refractivity contribution >= 4 is 5.90 Å². The summed E-state index contributed by atoms with van der Waals surface area (Å²) in [6.45, 7) is 0.902. The molecule has 0 aromatic heterocycles. The van der Waals surface area contributed by atoms with E-state index >= 15 is 0 Å². The van der Waals surface area contributed by atoms with Gasteiger partial charge in [0.15, 0.2) is 5.90 Å². The Morgan fingerprint density at radius 1 is 1.42 bits per heavy atom. The summed E-state index contributed by atoms with van der Waals surface area (Å²) in [4.78, 5) is 4.42. The van der Waals surface area contributed by atoms with E-state index in [1.165, 1.54) is 19.3 Å². The second kappa shape index (κ2) is 3.44. The van der Waals surface area contributed by atoms with Gasteiger partial charge in [-0.25, -0.2) is 0 Å². The predicted molar refractivity (Wildman–Crippen MR) is 48.5 cm³/mol. The van der Waals surface area contributed by atoms with E-state index in [0.29, 0.717) is 12.1 Å². The van der Waals surface area contributed by atoms with E-state index in [2.05, 4.69) is 10.3 Å². The highest BCUT2D eigenvalue weighted by atomic mass is 16.5. The second-order valence-corrected chi connectivity index (χ2v) is 3.63. The standard InChI is InChI=1S/C9H16N2O/c1-12-9-5-7-3-2-4-8(11-7)6-10-9/h7-8,11H,2-6H2,1H3. The molecule has 1 fully saturated rings. The molecule has 0 spiro atoms. The van der Waals surface area contributed by atoms with Gasteiger partial charge in [-0.1, -0.05) is 6.42 Å². The lowest BCUT2D eigenvalue weighted by atomic mass is 9.98. The van der Waals surface area contributed by atoms with Gasteiger partial charge in [0.1, 0.15) is 0 Å². The first kappa shape index (κ1) is 8.05. The number of nitrogens with one attached hydrogen (secondary N) is 1. The topological polar surface area (TPSA) is 33.6 Å². The van der Waals surface area contributed by atoms with Crippen molar-refractivity contribution in [2.45, 2.75) is 37.8 Å². The van der Waals surface area contributed by atoms with E-state index in [1.54, 1.807) is 7.11 Å². The first-order chi connectivity index (χ1) is 5.88. The zero-order valence-corrected chi connectivity index (χ0v) is 7.55. The number of fused-ring (bicyclic) bond motifs is 2. The molecule has 2 bridgehead atoms. The van der Waals surface area contributed by atoms with Gasteiger partial charge in [-0.05, 0) is 12.8 Å². The Hall–Kier alpha value is -0.570. The molecule has 2 atom stereocenters. The molecule has 68 valence electrons. The minimum Gasteiger partial charge on any atom is -0.484 e. The average Bonchev–Trinajstić information content (AvgIpc) is 2.25. The minimum absolute atomic E-state index is 0.608. The number of rotatable bonds is 0. The highest BCUT2D eigenvalue weighted by molar-refractivity contribution is 5.76. The summed E-state index contributed by atoms with van der Waals surface area (Å²) in [6, 6.07) is 1.22. The van der Waals surface area contributed by atoms with Gasteiger partial charge in [-0.3, -0.25) is 4.99 Å². The average molecular weight is 168 g/mol. The van der Waals surface area contributed by atoms with Crippen LogP contribution in [-0.4, -0.2) is 31.6 Å². The van der Waals surface area contributed by atoms with Crippen molar-refractivity contribution in [1.29, 1.82) is 0 Å². The third-order valence-corrected chi connectivity index (χ3v) is 2.72. The summed E-state index contributed by atoms with van der Waals surface area (Å²) >= 11 is 0. The van der Waals surface area contributed by atoms with Gasteiger partial charge in [0.05, 0.1) is 13.7 Å². The molecular formula is C9H16N2O. The molecule has 2 aliphatic heterocycles. The molecule has 12 heavy (non-hydrogen) atoms. The van der Waals surface area contributed by atoms with Gasteiger partial charge in [-0.2, -0.15) is 0 Å². The summed E-state index contributed by atoms with van der Waals surface area (Å²) in [7, 11) is 1.72. The zero-order valence-electron chi connectivity index (χ0n) is 7.55. The molecule has 1 saturated heterocycles. The first-order valence-corrected chi connectivity index (χ1v) is 4.72. The molecule has 0 radical (unpaired) electrons. The normalized spacial score (nSPS) is 35.2. The number of piperidine rings is 1. The maximum Gasteiger partial charge on any atom is 0.184 e. The SMILES string of the molecule is COC1=NCC2CCCC(C1)N2. The highest BCUT2D eigenvalue weighted by Gasteiger charge is 2.25. The fourth-order valence-corrected chi connectivity index (χ4v) is 2.05. The van der Waals surface area contributed by atoms with Crippen LogP contribution >= 0.6 is 0 Å². The highest BCUT2D eigenvalue weighted by Crippen LogP contribution is 2.18. The largest absolute Gasteiger partial charge is 0.484 e.